The molecule has 0 aromatic heterocycles. The minimum absolute atomic E-state index is 0. The van der Waals surface area contributed by atoms with Gasteiger partial charge in [0.05, 0.1) is 23.5 Å². The Balaban J connectivity index is -0.000000344. The maximum atomic E-state index is 5.75. The van der Waals surface area contributed by atoms with Gasteiger partial charge in [-0.05, 0) is 26.1 Å². The standard InChI is InChI=1S/C8H14N2OS.C2H6.CH3Br.2CH4/c1-7(2)3-8(4-11-5-8)12-6(9)10-7;2*1-2;;/h3-5H2,1-2H3,(H2,9,10);1-2H3;1H3;2*1H4. The molecule has 1 fully saturated rings. The monoisotopic (exact) mass is 342 g/mol. The fourth-order valence-electron chi connectivity index (χ4n) is 1.90. The Morgan fingerprint density at radius 2 is 1.67 bits per heavy atom. The topological polar surface area (TPSA) is 47.6 Å². The molecule has 18 heavy (non-hydrogen) atoms. The summed E-state index contributed by atoms with van der Waals surface area (Å²) in [5.41, 5.74) is 5.75. The summed E-state index contributed by atoms with van der Waals surface area (Å²) >= 11 is 4.62. The van der Waals surface area contributed by atoms with Crippen molar-refractivity contribution in [2.45, 2.75) is 59.3 Å². The van der Waals surface area contributed by atoms with Crippen LogP contribution in [0, 0.1) is 0 Å². The number of nitrogens with two attached hydrogens (primary N) is 1. The zero-order valence-electron chi connectivity index (χ0n) is 10.8. The molecule has 0 atom stereocenters. The fraction of sp³-hybridized carbons (Fsp3) is 0.923. The van der Waals surface area contributed by atoms with Crippen molar-refractivity contribution in [1.82, 2.24) is 0 Å². The van der Waals surface area contributed by atoms with Crippen molar-refractivity contribution >= 4 is 32.9 Å². The van der Waals surface area contributed by atoms with Crippen LogP contribution in [0.25, 0.3) is 0 Å². The predicted octanol–water partition coefficient (Wildman–Crippen LogP) is 4.30. The highest BCUT2D eigenvalue weighted by Crippen LogP contribution is 2.44. The van der Waals surface area contributed by atoms with Crippen LogP contribution in [0.5, 0.6) is 0 Å². The molecule has 0 unspecified atom stereocenters. The molecule has 0 aliphatic carbocycles. The molecule has 0 bridgehead atoms. The smallest absolute Gasteiger partial charge is 0.155 e. The lowest BCUT2D eigenvalue weighted by atomic mass is 9.89. The van der Waals surface area contributed by atoms with E-state index >= 15 is 0 Å². The first-order valence-corrected chi connectivity index (χ1v) is 7.92. The maximum absolute atomic E-state index is 5.75. The third-order valence-corrected chi connectivity index (χ3v) is 3.33. The second-order valence-electron chi connectivity index (χ2n) is 4.22. The van der Waals surface area contributed by atoms with E-state index in [-0.39, 0.29) is 25.1 Å². The van der Waals surface area contributed by atoms with Crippen LogP contribution in [-0.4, -0.2) is 34.5 Å². The van der Waals surface area contributed by atoms with Crippen LogP contribution in [-0.2, 0) is 4.74 Å². The Kier molecular flexibility index (Phi) is 13.1. The van der Waals surface area contributed by atoms with Crippen molar-refractivity contribution in [2.24, 2.45) is 10.7 Å². The summed E-state index contributed by atoms with van der Waals surface area (Å²) in [7, 11) is 0. The highest BCUT2D eigenvalue weighted by Gasteiger charge is 2.47. The molecule has 0 amide bonds. The first-order valence-electron chi connectivity index (χ1n) is 5.51. The van der Waals surface area contributed by atoms with Gasteiger partial charge in [-0.25, -0.2) is 0 Å². The second-order valence-corrected chi connectivity index (χ2v) is 5.71. The van der Waals surface area contributed by atoms with E-state index in [0.717, 1.165) is 24.8 Å². The molecule has 0 radical (unpaired) electrons. The van der Waals surface area contributed by atoms with Gasteiger partial charge >= 0.3 is 0 Å². The number of halogens is 1. The molecule has 0 aromatic carbocycles. The van der Waals surface area contributed by atoms with Crippen molar-refractivity contribution in [3.8, 4) is 0 Å². The molecule has 2 aliphatic heterocycles. The lowest BCUT2D eigenvalue weighted by molar-refractivity contribution is -0.0194. The predicted molar refractivity (Wildman–Crippen MR) is 91.1 cm³/mol. The SMILES string of the molecule is C.C.CBr.CC.CC1(C)CC2(COC2)SC(N)=N1. The summed E-state index contributed by atoms with van der Waals surface area (Å²) in [4.78, 5) is 4.39. The van der Waals surface area contributed by atoms with Crippen molar-refractivity contribution < 1.29 is 4.74 Å². The van der Waals surface area contributed by atoms with Gasteiger partial charge < -0.3 is 10.5 Å². The fourth-order valence-corrected chi connectivity index (χ4v) is 3.34. The summed E-state index contributed by atoms with van der Waals surface area (Å²) in [6, 6.07) is 0. The summed E-state index contributed by atoms with van der Waals surface area (Å²) in [5.74, 6) is 1.81. The number of amidine groups is 1. The zero-order chi connectivity index (χ0) is 12.8. The van der Waals surface area contributed by atoms with Crippen molar-refractivity contribution in [2.75, 3.05) is 19.0 Å². The molecule has 3 nitrogen and oxygen atoms in total. The minimum atomic E-state index is -0.000880. The molecule has 1 saturated heterocycles. The van der Waals surface area contributed by atoms with Gasteiger partial charge in [-0.2, -0.15) is 0 Å². The third kappa shape index (κ3) is 6.43. The third-order valence-electron chi connectivity index (χ3n) is 2.22. The highest BCUT2D eigenvalue weighted by molar-refractivity contribution is 9.08. The number of thioether (sulfide) groups is 1. The van der Waals surface area contributed by atoms with Crippen molar-refractivity contribution in [3.05, 3.63) is 0 Å². The quantitative estimate of drug-likeness (QED) is 0.667. The van der Waals surface area contributed by atoms with Gasteiger partial charge in [0, 0.05) is 0 Å². The van der Waals surface area contributed by atoms with Gasteiger partial charge in [0.15, 0.2) is 5.17 Å². The van der Waals surface area contributed by atoms with E-state index in [4.69, 9.17) is 10.5 Å². The lowest BCUT2D eigenvalue weighted by Gasteiger charge is -2.46. The Labute approximate surface area is 126 Å². The Bertz CT molecular complexity index is 241. The molecule has 2 N–H and O–H groups in total. The normalized spacial score (nSPS) is 21.3. The molecular formula is C13H31BrN2OS. The number of hydrogen-bond donors (Lipinski definition) is 1. The van der Waals surface area contributed by atoms with Gasteiger partial charge in [0.2, 0.25) is 0 Å². The van der Waals surface area contributed by atoms with Crippen LogP contribution in [0.1, 0.15) is 49.0 Å². The minimum Gasteiger partial charge on any atom is -0.379 e. The van der Waals surface area contributed by atoms with Gasteiger partial charge in [0.25, 0.3) is 0 Å². The van der Waals surface area contributed by atoms with E-state index in [0.29, 0.717) is 0 Å². The van der Waals surface area contributed by atoms with E-state index < -0.39 is 0 Å². The molecule has 112 valence electrons. The average molecular weight is 343 g/mol. The van der Waals surface area contributed by atoms with Crippen LogP contribution in [0.3, 0.4) is 0 Å². The summed E-state index contributed by atoms with van der Waals surface area (Å²) in [5, 5.41) is 0.717. The van der Waals surface area contributed by atoms with Crippen molar-refractivity contribution in [3.63, 3.8) is 0 Å². The number of ether oxygens (including phenoxy) is 1. The first kappa shape index (κ1) is 23.4. The molecule has 2 heterocycles. The molecule has 1 spiro atoms. The molecular weight excluding hydrogens is 312 g/mol. The summed E-state index contributed by atoms with van der Waals surface area (Å²) < 4.78 is 5.47. The molecule has 5 heteroatoms. The van der Waals surface area contributed by atoms with Crippen LogP contribution in [0.2, 0.25) is 0 Å². The molecule has 2 rings (SSSR count). The zero-order valence-corrected chi connectivity index (χ0v) is 13.2. The van der Waals surface area contributed by atoms with Crippen LogP contribution in [0.4, 0.5) is 0 Å². The van der Waals surface area contributed by atoms with E-state index in [1.807, 2.05) is 19.7 Å². The van der Waals surface area contributed by atoms with E-state index in [1.54, 1.807) is 11.8 Å². The van der Waals surface area contributed by atoms with Gasteiger partial charge in [0.1, 0.15) is 0 Å². The van der Waals surface area contributed by atoms with Crippen LogP contribution in [0.15, 0.2) is 4.99 Å². The number of hydrogen-bond acceptors (Lipinski definition) is 4. The Morgan fingerprint density at radius 3 is 1.94 bits per heavy atom. The van der Waals surface area contributed by atoms with Crippen molar-refractivity contribution in [1.29, 1.82) is 0 Å². The lowest BCUT2D eigenvalue weighted by Crippen LogP contribution is -2.54. The van der Waals surface area contributed by atoms with Gasteiger partial charge in [-0.1, -0.05) is 56.4 Å². The Hall–Kier alpha value is 0.260. The van der Waals surface area contributed by atoms with E-state index in [9.17, 15) is 0 Å². The van der Waals surface area contributed by atoms with Crippen LogP contribution >= 0.6 is 27.7 Å². The summed E-state index contributed by atoms with van der Waals surface area (Å²) in [6.45, 7) is 9.91. The summed E-state index contributed by atoms with van der Waals surface area (Å²) in [6.07, 6.45) is 1.07. The number of aliphatic imine (C=N–C) groups is 1. The first-order chi connectivity index (χ1) is 7.52. The second kappa shape index (κ2) is 10.1. The Morgan fingerprint density at radius 1 is 1.22 bits per heavy atom. The molecule has 0 aromatic rings. The van der Waals surface area contributed by atoms with Gasteiger partial charge in [-0.3, -0.25) is 4.99 Å². The van der Waals surface area contributed by atoms with E-state index in [2.05, 4.69) is 34.8 Å². The molecule has 0 saturated carbocycles. The number of nitrogens with zero attached hydrogens (tertiary/aromatic N) is 1. The number of alkyl halides is 1. The highest BCUT2D eigenvalue weighted by atomic mass is 79.9. The maximum Gasteiger partial charge on any atom is 0.155 e. The van der Waals surface area contributed by atoms with E-state index in [1.165, 1.54) is 0 Å². The largest absolute Gasteiger partial charge is 0.379 e. The van der Waals surface area contributed by atoms with Crippen LogP contribution < -0.4 is 5.73 Å². The average Bonchev–Trinajstić information content (AvgIpc) is 2.19. The molecule has 2 aliphatic rings. The van der Waals surface area contributed by atoms with Gasteiger partial charge in [-0.15, -0.1) is 0 Å². The number of rotatable bonds is 0.